The van der Waals surface area contributed by atoms with Crippen LogP contribution in [0.2, 0.25) is 0 Å². The molecule has 5 heteroatoms. The fourth-order valence-electron chi connectivity index (χ4n) is 4.06. The van der Waals surface area contributed by atoms with E-state index in [4.69, 9.17) is 4.74 Å². The molecule has 1 unspecified atom stereocenters. The number of hydrogen-bond donors (Lipinski definition) is 1. The van der Waals surface area contributed by atoms with Gasteiger partial charge in [-0.15, -0.1) is 0 Å². The summed E-state index contributed by atoms with van der Waals surface area (Å²) < 4.78 is 5.32. The first-order chi connectivity index (χ1) is 15.3. The van der Waals surface area contributed by atoms with Crippen LogP contribution in [0.4, 0.5) is 5.69 Å². The second-order valence-corrected chi connectivity index (χ2v) is 8.08. The van der Waals surface area contributed by atoms with Crippen LogP contribution in [-0.4, -0.2) is 23.9 Å². The molecule has 5 nitrogen and oxygen atoms in total. The van der Waals surface area contributed by atoms with Crippen LogP contribution in [0.1, 0.15) is 33.9 Å². The molecule has 0 aliphatic carbocycles. The largest absolute Gasteiger partial charge is 0.507 e. The molecule has 0 radical (unpaired) electrons. The predicted molar refractivity (Wildman–Crippen MR) is 125 cm³/mol. The lowest BCUT2D eigenvalue weighted by Gasteiger charge is -2.26. The molecule has 1 aliphatic heterocycles. The van der Waals surface area contributed by atoms with Crippen LogP contribution in [0, 0.1) is 20.8 Å². The number of carbonyl (C=O) groups excluding carboxylic acids is 2. The number of anilines is 1. The molecule has 1 saturated heterocycles. The van der Waals surface area contributed by atoms with Crippen molar-refractivity contribution in [3.8, 4) is 5.75 Å². The second-order valence-electron chi connectivity index (χ2n) is 8.08. The highest BCUT2D eigenvalue weighted by atomic mass is 16.5. The maximum atomic E-state index is 13.2. The normalized spacial score (nSPS) is 17.6. The summed E-state index contributed by atoms with van der Waals surface area (Å²) >= 11 is 0. The summed E-state index contributed by atoms with van der Waals surface area (Å²) in [6.07, 6.45) is 0. The number of aliphatic hydroxyl groups excluding tert-OH is 1. The van der Waals surface area contributed by atoms with Crippen LogP contribution in [0.15, 0.2) is 72.3 Å². The first-order valence-electron chi connectivity index (χ1n) is 10.4. The Hall–Kier alpha value is -3.86. The predicted octanol–water partition coefficient (Wildman–Crippen LogP) is 5.25. The topological polar surface area (TPSA) is 66.8 Å². The third-order valence-electron chi connectivity index (χ3n) is 5.91. The lowest BCUT2D eigenvalue weighted by atomic mass is 9.93. The van der Waals surface area contributed by atoms with E-state index in [1.54, 1.807) is 37.4 Å². The molecule has 4 rings (SSSR count). The molecular weight excluding hydrogens is 402 g/mol. The molecule has 32 heavy (non-hydrogen) atoms. The van der Waals surface area contributed by atoms with Crippen molar-refractivity contribution in [2.75, 3.05) is 12.0 Å². The van der Waals surface area contributed by atoms with E-state index in [2.05, 4.69) is 0 Å². The zero-order valence-electron chi connectivity index (χ0n) is 18.5. The molecule has 1 fully saturated rings. The van der Waals surface area contributed by atoms with Crippen LogP contribution in [0.25, 0.3) is 5.76 Å². The number of ether oxygens (including phenoxy) is 1. The van der Waals surface area contributed by atoms with Crippen LogP contribution in [0.3, 0.4) is 0 Å². The molecular formula is C27H25NO4. The van der Waals surface area contributed by atoms with E-state index >= 15 is 0 Å². The average molecular weight is 428 g/mol. The number of aryl methyl sites for hydroxylation is 3. The SMILES string of the molecule is COc1cccc(N2C(=O)C(=O)/C(=C(/O)c3ccc(C)c(C)c3)C2c2cccc(C)c2)c1. The fourth-order valence-corrected chi connectivity index (χ4v) is 4.06. The van der Waals surface area contributed by atoms with E-state index in [1.165, 1.54) is 4.90 Å². The Labute approximate surface area is 187 Å². The Bertz CT molecular complexity index is 1260. The van der Waals surface area contributed by atoms with Gasteiger partial charge in [-0.1, -0.05) is 48.0 Å². The number of benzene rings is 3. The minimum Gasteiger partial charge on any atom is -0.507 e. The van der Waals surface area contributed by atoms with Gasteiger partial charge in [0.1, 0.15) is 11.5 Å². The van der Waals surface area contributed by atoms with Gasteiger partial charge in [0, 0.05) is 17.3 Å². The Morgan fingerprint density at radius 3 is 2.34 bits per heavy atom. The first-order valence-corrected chi connectivity index (χ1v) is 10.4. The summed E-state index contributed by atoms with van der Waals surface area (Å²) in [4.78, 5) is 27.9. The zero-order chi connectivity index (χ0) is 23.0. The van der Waals surface area contributed by atoms with Gasteiger partial charge >= 0.3 is 0 Å². The average Bonchev–Trinajstić information content (AvgIpc) is 3.06. The van der Waals surface area contributed by atoms with Gasteiger partial charge in [-0.05, 0) is 55.7 Å². The number of carbonyl (C=O) groups is 2. The van der Waals surface area contributed by atoms with Gasteiger partial charge in [0.15, 0.2) is 0 Å². The van der Waals surface area contributed by atoms with E-state index in [1.807, 2.05) is 57.2 Å². The van der Waals surface area contributed by atoms with Gasteiger partial charge in [-0.3, -0.25) is 14.5 Å². The maximum Gasteiger partial charge on any atom is 0.300 e. The molecule has 0 saturated carbocycles. The van der Waals surface area contributed by atoms with Crippen LogP contribution in [-0.2, 0) is 9.59 Å². The van der Waals surface area contributed by atoms with Gasteiger partial charge in [0.25, 0.3) is 11.7 Å². The Kier molecular flexibility index (Phi) is 5.57. The molecule has 1 aliphatic rings. The minimum absolute atomic E-state index is 0.0756. The summed E-state index contributed by atoms with van der Waals surface area (Å²) in [6.45, 7) is 5.87. The van der Waals surface area contributed by atoms with Crippen molar-refractivity contribution in [2.24, 2.45) is 0 Å². The fraction of sp³-hybridized carbons (Fsp3) is 0.185. The summed E-state index contributed by atoms with van der Waals surface area (Å²) in [5.41, 5.74) is 4.91. The van der Waals surface area contributed by atoms with Gasteiger partial charge in [-0.25, -0.2) is 0 Å². The highest BCUT2D eigenvalue weighted by molar-refractivity contribution is 6.51. The molecule has 162 valence electrons. The molecule has 0 spiro atoms. The number of amides is 1. The smallest absolute Gasteiger partial charge is 0.300 e. The molecule has 0 bridgehead atoms. The molecule has 1 atom stereocenters. The van der Waals surface area contributed by atoms with Crippen LogP contribution in [0.5, 0.6) is 5.75 Å². The first kappa shape index (κ1) is 21.4. The molecule has 0 aromatic heterocycles. The maximum absolute atomic E-state index is 13.2. The van der Waals surface area contributed by atoms with Crippen molar-refractivity contribution in [2.45, 2.75) is 26.8 Å². The number of methoxy groups -OCH3 is 1. The number of Topliss-reactive ketones (excluding diaryl/α,β-unsaturated/α-hetero) is 1. The number of rotatable bonds is 4. The molecule has 1 N–H and O–H groups in total. The lowest BCUT2D eigenvalue weighted by molar-refractivity contribution is -0.132. The van der Waals surface area contributed by atoms with Crippen molar-refractivity contribution >= 4 is 23.1 Å². The summed E-state index contributed by atoms with van der Waals surface area (Å²) in [5.74, 6) is -1.00. The third kappa shape index (κ3) is 3.66. The molecule has 3 aromatic carbocycles. The molecule has 1 amide bonds. The van der Waals surface area contributed by atoms with E-state index in [0.717, 1.165) is 22.3 Å². The van der Waals surface area contributed by atoms with Gasteiger partial charge in [0.05, 0.1) is 18.7 Å². The second kappa shape index (κ2) is 8.35. The van der Waals surface area contributed by atoms with Gasteiger partial charge < -0.3 is 9.84 Å². The summed E-state index contributed by atoms with van der Waals surface area (Å²) in [7, 11) is 1.55. The number of hydrogen-bond acceptors (Lipinski definition) is 4. The van der Waals surface area contributed by atoms with Gasteiger partial charge in [-0.2, -0.15) is 0 Å². The Morgan fingerprint density at radius 2 is 1.66 bits per heavy atom. The number of ketones is 1. The summed E-state index contributed by atoms with van der Waals surface area (Å²) in [6, 6.07) is 19.4. The monoisotopic (exact) mass is 427 g/mol. The quantitative estimate of drug-likeness (QED) is 0.351. The van der Waals surface area contributed by atoms with Crippen molar-refractivity contribution in [1.82, 2.24) is 0 Å². The standard InChI is InChI=1S/C27H25NO4/c1-16-7-5-8-19(13-16)24-23(25(29)20-12-11-17(2)18(3)14-20)26(30)27(31)28(24)21-9-6-10-22(15-21)32-4/h5-15,24,29H,1-4H3/b25-23+. The van der Waals surface area contributed by atoms with E-state index in [9.17, 15) is 14.7 Å². The highest BCUT2D eigenvalue weighted by Gasteiger charge is 2.47. The van der Waals surface area contributed by atoms with E-state index < -0.39 is 17.7 Å². The van der Waals surface area contributed by atoms with Crippen molar-refractivity contribution in [1.29, 1.82) is 0 Å². The number of nitrogens with zero attached hydrogens (tertiary/aromatic N) is 1. The lowest BCUT2D eigenvalue weighted by Crippen LogP contribution is -2.29. The van der Waals surface area contributed by atoms with Crippen molar-refractivity contribution in [3.05, 3.63) is 100 Å². The van der Waals surface area contributed by atoms with E-state index in [0.29, 0.717) is 17.0 Å². The Balaban J connectivity index is 1.96. The van der Waals surface area contributed by atoms with Crippen LogP contribution < -0.4 is 9.64 Å². The van der Waals surface area contributed by atoms with Crippen molar-refractivity contribution in [3.63, 3.8) is 0 Å². The number of aliphatic hydroxyl groups is 1. The highest BCUT2D eigenvalue weighted by Crippen LogP contribution is 2.43. The molecule has 3 aromatic rings. The minimum atomic E-state index is -0.761. The Morgan fingerprint density at radius 1 is 0.906 bits per heavy atom. The van der Waals surface area contributed by atoms with Crippen molar-refractivity contribution < 1.29 is 19.4 Å². The zero-order valence-corrected chi connectivity index (χ0v) is 18.5. The van der Waals surface area contributed by atoms with E-state index in [-0.39, 0.29) is 11.3 Å². The molecule has 1 heterocycles. The van der Waals surface area contributed by atoms with Crippen LogP contribution >= 0.6 is 0 Å². The van der Waals surface area contributed by atoms with Gasteiger partial charge in [0.2, 0.25) is 0 Å². The summed E-state index contributed by atoms with van der Waals surface area (Å²) in [5, 5.41) is 11.2. The third-order valence-corrected chi connectivity index (χ3v) is 5.91.